The first-order chi connectivity index (χ1) is 6.65. The molecule has 14 heavy (non-hydrogen) atoms. The second-order valence-electron chi connectivity index (χ2n) is 2.84. The maximum absolute atomic E-state index is 10.8. The van der Waals surface area contributed by atoms with Gasteiger partial charge >= 0.3 is 0 Å². The molecule has 0 aliphatic rings. The minimum absolute atomic E-state index is 0.193. The van der Waals surface area contributed by atoms with Gasteiger partial charge in [0.1, 0.15) is 6.10 Å². The number of rotatable bonds is 2. The molecule has 1 aromatic rings. The summed E-state index contributed by atoms with van der Waals surface area (Å²) >= 11 is 0. The van der Waals surface area contributed by atoms with E-state index in [1.165, 1.54) is 6.92 Å². The van der Waals surface area contributed by atoms with E-state index in [0.29, 0.717) is 11.3 Å². The van der Waals surface area contributed by atoms with E-state index in [0.717, 1.165) is 0 Å². The van der Waals surface area contributed by atoms with E-state index in [1.54, 1.807) is 24.3 Å². The van der Waals surface area contributed by atoms with E-state index in [9.17, 15) is 9.90 Å². The molecule has 0 bridgehead atoms. The van der Waals surface area contributed by atoms with Gasteiger partial charge in [-0.15, -0.1) is 6.42 Å². The first-order valence-electron chi connectivity index (χ1n) is 4.16. The summed E-state index contributed by atoms with van der Waals surface area (Å²) in [5.41, 5.74) is 1.08. The average molecular weight is 189 g/mol. The minimum Gasteiger partial charge on any atom is -0.376 e. The average Bonchev–Trinajstić information content (AvgIpc) is 2.16. The van der Waals surface area contributed by atoms with Crippen LogP contribution in [0.1, 0.15) is 18.6 Å². The number of hydrogen-bond acceptors (Lipinski definition) is 2. The Morgan fingerprint density at radius 3 is 2.79 bits per heavy atom. The van der Waals surface area contributed by atoms with Crippen molar-refractivity contribution in [2.24, 2.45) is 0 Å². The molecule has 72 valence electrons. The third kappa shape index (κ3) is 2.35. The molecule has 1 atom stereocenters. The lowest BCUT2D eigenvalue weighted by atomic mass is 10.1. The first kappa shape index (κ1) is 10.3. The van der Waals surface area contributed by atoms with Crippen LogP contribution in [0.4, 0.5) is 5.69 Å². The fourth-order valence-corrected chi connectivity index (χ4v) is 1.13. The van der Waals surface area contributed by atoms with Gasteiger partial charge in [-0.25, -0.2) is 0 Å². The number of anilines is 1. The highest BCUT2D eigenvalue weighted by molar-refractivity contribution is 5.89. The van der Waals surface area contributed by atoms with Crippen LogP contribution < -0.4 is 5.32 Å². The van der Waals surface area contributed by atoms with Crippen molar-refractivity contribution in [1.29, 1.82) is 0 Å². The fourth-order valence-electron chi connectivity index (χ4n) is 1.13. The lowest BCUT2D eigenvalue weighted by Crippen LogP contribution is -2.09. The van der Waals surface area contributed by atoms with Crippen LogP contribution in [0.2, 0.25) is 0 Å². The maximum Gasteiger partial charge on any atom is 0.221 e. The standard InChI is InChI=1S/C11H11NO2/c1-3-11(14)9-6-4-5-7-10(9)12-8(2)13/h1,4-7,11,14H,2H3,(H,12,13)/t11-/m0/s1. The SMILES string of the molecule is C#C[C@H](O)c1ccccc1NC(C)=O. The molecule has 0 saturated heterocycles. The molecule has 3 heteroatoms. The third-order valence-electron chi connectivity index (χ3n) is 1.72. The van der Waals surface area contributed by atoms with Gasteiger partial charge in [0.2, 0.25) is 5.91 Å². The molecule has 0 radical (unpaired) electrons. The highest BCUT2D eigenvalue weighted by Crippen LogP contribution is 2.21. The fraction of sp³-hybridized carbons (Fsp3) is 0.182. The Kier molecular flexibility index (Phi) is 3.27. The molecule has 0 heterocycles. The lowest BCUT2D eigenvalue weighted by molar-refractivity contribution is -0.114. The number of aliphatic hydroxyl groups is 1. The Morgan fingerprint density at radius 1 is 1.57 bits per heavy atom. The molecule has 0 aromatic heterocycles. The van der Waals surface area contributed by atoms with Crippen molar-refractivity contribution in [2.75, 3.05) is 5.32 Å². The van der Waals surface area contributed by atoms with Crippen LogP contribution in [0.25, 0.3) is 0 Å². The van der Waals surface area contributed by atoms with Crippen LogP contribution in [0.3, 0.4) is 0 Å². The summed E-state index contributed by atoms with van der Waals surface area (Å²) in [5.74, 6) is 2.01. The molecule has 0 spiro atoms. The van der Waals surface area contributed by atoms with E-state index in [1.807, 2.05) is 0 Å². The quantitative estimate of drug-likeness (QED) is 0.689. The summed E-state index contributed by atoms with van der Waals surface area (Å²) in [5, 5.41) is 12.0. The van der Waals surface area contributed by atoms with Crippen molar-refractivity contribution in [1.82, 2.24) is 0 Å². The molecule has 2 N–H and O–H groups in total. The normalized spacial score (nSPS) is 11.5. The van der Waals surface area contributed by atoms with E-state index >= 15 is 0 Å². The van der Waals surface area contributed by atoms with Crippen molar-refractivity contribution in [3.63, 3.8) is 0 Å². The number of para-hydroxylation sites is 1. The van der Waals surface area contributed by atoms with Gasteiger partial charge in [-0.2, -0.15) is 0 Å². The number of nitrogens with one attached hydrogen (secondary N) is 1. The molecule has 3 nitrogen and oxygen atoms in total. The van der Waals surface area contributed by atoms with Crippen molar-refractivity contribution in [2.45, 2.75) is 13.0 Å². The largest absolute Gasteiger partial charge is 0.376 e. The molecular formula is C11H11NO2. The number of amides is 1. The summed E-state index contributed by atoms with van der Waals surface area (Å²) in [6.07, 6.45) is 4.10. The van der Waals surface area contributed by atoms with E-state index < -0.39 is 6.10 Å². The monoisotopic (exact) mass is 189 g/mol. The highest BCUT2D eigenvalue weighted by atomic mass is 16.3. The molecule has 1 rings (SSSR count). The summed E-state index contributed by atoms with van der Waals surface area (Å²) in [4.78, 5) is 10.8. The molecule has 1 amide bonds. The molecule has 0 saturated carbocycles. The van der Waals surface area contributed by atoms with Crippen LogP contribution in [-0.4, -0.2) is 11.0 Å². The van der Waals surface area contributed by atoms with Gasteiger partial charge in [0.25, 0.3) is 0 Å². The molecular weight excluding hydrogens is 178 g/mol. The van der Waals surface area contributed by atoms with Gasteiger partial charge in [0.15, 0.2) is 0 Å². The predicted molar refractivity (Wildman–Crippen MR) is 54.5 cm³/mol. The summed E-state index contributed by atoms with van der Waals surface area (Å²) in [6.45, 7) is 1.40. The van der Waals surface area contributed by atoms with Gasteiger partial charge in [0.05, 0.1) is 0 Å². The number of hydrogen-bond donors (Lipinski definition) is 2. The second-order valence-corrected chi connectivity index (χ2v) is 2.84. The minimum atomic E-state index is -0.988. The maximum atomic E-state index is 10.8. The summed E-state index contributed by atoms with van der Waals surface area (Å²) in [7, 11) is 0. The topological polar surface area (TPSA) is 49.3 Å². The van der Waals surface area contributed by atoms with Crippen molar-refractivity contribution < 1.29 is 9.90 Å². The second kappa shape index (κ2) is 4.45. The number of carbonyl (C=O) groups excluding carboxylic acids is 1. The molecule has 0 unspecified atom stereocenters. The van der Waals surface area contributed by atoms with Gasteiger partial charge in [-0.3, -0.25) is 4.79 Å². The zero-order valence-electron chi connectivity index (χ0n) is 7.82. The van der Waals surface area contributed by atoms with Gasteiger partial charge < -0.3 is 10.4 Å². The zero-order valence-corrected chi connectivity index (χ0v) is 7.82. The van der Waals surface area contributed by atoms with E-state index in [4.69, 9.17) is 6.42 Å². The van der Waals surface area contributed by atoms with Crippen molar-refractivity contribution >= 4 is 11.6 Å². The summed E-state index contributed by atoms with van der Waals surface area (Å²) in [6, 6.07) is 6.88. The first-order valence-corrected chi connectivity index (χ1v) is 4.16. The van der Waals surface area contributed by atoms with E-state index in [-0.39, 0.29) is 5.91 Å². The van der Waals surface area contributed by atoms with Crippen LogP contribution in [0, 0.1) is 12.3 Å². The Morgan fingerprint density at radius 2 is 2.21 bits per heavy atom. The number of aliphatic hydroxyl groups excluding tert-OH is 1. The zero-order chi connectivity index (χ0) is 10.6. The third-order valence-corrected chi connectivity index (χ3v) is 1.72. The Hall–Kier alpha value is -1.79. The molecule has 0 aliphatic carbocycles. The highest BCUT2D eigenvalue weighted by Gasteiger charge is 2.09. The lowest BCUT2D eigenvalue weighted by Gasteiger charge is -2.10. The van der Waals surface area contributed by atoms with Crippen molar-refractivity contribution in [3.05, 3.63) is 29.8 Å². The number of terminal acetylenes is 1. The number of benzene rings is 1. The van der Waals surface area contributed by atoms with E-state index in [2.05, 4.69) is 11.2 Å². The Labute approximate surface area is 82.8 Å². The number of carbonyl (C=O) groups is 1. The van der Waals surface area contributed by atoms with Crippen LogP contribution in [0.15, 0.2) is 24.3 Å². The smallest absolute Gasteiger partial charge is 0.221 e. The summed E-state index contributed by atoms with van der Waals surface area (Å²) < 4.78 is 0. The van der Waals surface area contributed by atoms with Gasteiger partial charge in [-0.1, -0.05) is 24.1 Å². The van der Waals surface area contributed by atoms with Crippen LogP contribution >= 0.6 is 0 Å². The van der Waals surface area contributed by atoms with Crippen LogP contribution in [0.5, 0.6) is 0 Å². The van der Waals surface area contributed by atoms with Crippen LogP contribution in [-0.2, 0) is 4.79 Å². The van der Waals surface area contributed by atoms with Gasteiger partial charge in [0, 0.05) is 18.2 Å². The Balaban J connectivity index is 3.04. The van der Waals surface area contributed by atoms with Crippen molar-refractivity contribution in [3.8, 4) is 12.3 Å². The Bertz CT molecular complexity index is 379. The molecule has 0 fully saturated rings. The molecule has 0 aliphatic heterocycles. The molecule has 1 aromatic carbocycles. The predicted octanol–water partition coefficient (Wildman–Crippen LogP) is 1.31. The van der Waals surface area contributed by atoms with Gasteiger partial charge in [-0.05, 0) is 6.07 Å².